The summed E-state index contributed by atoms with van der Waals surface area (Å²) in [6.07, 6.45) is 5.08. The Morgan fingerprint density at radius 1 is 1.03 bits per heavy atom. The summed E-state index contributed by atoms with van der Waals surface area (Å²) in [4.78, 5) is 80.0. The van der Waals surface area contributed by atoms with Crippen molar-refractivity contribution in [1.82, 2.24) is 40.0 Å². The molecule has 16 nitrogen and oxygen atoms in total. The van der Waals surface area contributed by atoms with E-state index in [0.29, 0.717) is 56.6 Å². The Kier molecular flexibility index (Phi) is 15.3. The number of benzene rings is 3. The van der Waals surface area contributed by atoms with E-state index in [1.807, 2.05) is 73.5 Å². The Hall–Kier alpha value is -6.62. The van der Waals surface area contributed by atoms with Crippen molar-refractivity contribution in [1.29, 1.82) is 0 Å². The number of hydrazine groups is 1. The van der Waals surface area contributed by atoms with Crippen molar-refractivity contribution in [2.45, 2.75) is 104 Å². The predicted molar refractivity (Wildman–Crippen MR) is 270 cm³/mol. The van der Waals surface area contributed by atoms with Gasteiger partial charge in [0.15, 0.2) is 0 Å². The van der Waals surface area contributed by atoms with E-state index in [4.69, 9.17) is 9.47 Å². The zero-order valence-electron chi connectivity index (χ0n) is 42.2. The summed E-state index contributed by atoms with van der Waals surface area (Å²) < 4.78 is 14.0. The Morgan fingerprint density at radius 2 is 1.80 bits per heavy atom. The van der Waals surface area contributed by atoms with Gasteiger partial charge in [-0.1, -0.05) is 70.2 Å². The number of aryl methyl sites for hydroxylation is 1. The summed E-state index contributed by atoms with van der Waals surface area (Å²) in [7, 11) is 4.80. The van der Waals surface area contributed by atoms with E-state index in [9.17, 15) is 29.1 Å². The second kappa shape index (κ2) is 21.4. The van der Waals surface area contributed by atoms with E-state index < -0.39 is 47.2 Å². The van der Waals surface area contributed by atoms with Gasteiger partial charge in [-0.2, -0.15) is 0 Å². The number of esters is 1. The number of ether oxygens (including phenoxy) is 2. The molecular formula is C55H68N8O8. The molecule has 0 radical (unpaired) electrons. The highest BCUT2D eigenvalue weighted by atomic mass is 16.5. The van der Waals surface area contributed by atoms with Gasteiger partial charge in [0.05, 0.1) is 25.5 Å². The molecule has 4 amide bonds. The van der Waals surface area contributed by atoms with Crippen LogP contribution in [-0.2, 0) is 66.0 Å². The lowest BCUT2D eigenvalue weighted by atomic mass is 9.84. The highest BCUT2D eigenvalue weighted by Gasteiger charge is 2.43. The van der Waals surface area contributed by atoms with Crippen LogP contribution in [0.1, 0.15) is 69.7 Å². The number of methoxy groups -OCH3 is 1. The number of aromatic nitrogens is 2. The lowest BCUT2D eigenvalue weighted by Gasteiger charge is -2.37. The maximum Gasteiger partial charge on any atom is 0.324 e. The van der Waals surface area contributed by atoms with Crippen LogP contribution < -0.4 is 10.7 Å². The number of carbonyl (C=O) groups excluding carboxylic acids is 5. The Morgan fingerprint density at radius 3 is 2.54 bits per heavy atom. The molecule has 16 heteroatoms. The lowest BCUT2D eigenvalue weighted by Crippen LogP contribution is -2.62. The normalized spacial score (nSPS) is 20.5. The smallest absolute Gasteiger partial charge is 0.324 e. The van der Waals surface area contributed by atoms with Gasteiger partial charge in [-0.25, -0.2) is 5.43 Å². The molecule has 3 aliphatic rings. The molecule has 3 aromatic carbocycles. The maximum absolute atomic E-state index is 14.8. The first-order valence-corrected chi connectivity index (χ1v) is 24.7. The number of phenolic OH excluding ortho intramolecular Hbond substituents is 1. The van der Waals surface area contributed by atoms with Crippen molar-refractivity contribution in [3.8, 4) is 28.1 Å². The summed E-state index contributed by atoms with van der Waals surface area (Å²) in [5.74, 6) is -2.55. The molecule has 3 N–H and O–H groups in total. The number of likely N-dealkylation sites (N-methyl/N-ethyl adjacent to an activating group) is 2. The molecule has 71 heavy (non-hydrogen) atoms. The maximum atomic E-state index is 14.8. The number of rotatable bonds is 13. The second-order valence-corrected chi connectivity index (χ2v) is 20.5. The molecule has 0 spiro atoms. The molecule has 0 saturated carbocycles. The van der Waals surface area contributed by atoms with Gasteiger partial charge >= 0.3 is 5.97 Å². The third-order valence-corrected chi connectivity index (χ3v) is 14.0. The van der Waals surface area contributed by atoms with Gasteiger partial charge in [-0.05, 0) is 95.8 Å². The molecule has 5 heterocycles. The lowest BCUT2D eigenvalue weighted by molar-refractivity contribution is -0.155. The third-order valence-electron chi connectivity index (χ3n) is 14.0. The van der Waals surface area contributed by atoms with Crippen molar-refractivity contribution in [3.63, 3.8) is 0 Å². The van der Waals surface area contributed by atoms with E-state index in [0.717, 1.165) is 44.4 Å². The Bertz CT molecular complexity index is 2790. The summed E-state index contributed by atoms with van der Waals surface area (Å²) in [5.41, 5.74) is 10.8. The number of cyclic esters (lactones) is 1. The number of nitrogens with zero attached hydrogens (tertiary/aromatic N) is 6. The molecule has 8 rings (SSSR count). The molecule has 2 fully saturated rings. The van der Waals surface area contributed by atoms with E-state index in [-0.39, 0.29) is 49.7 Å². The topological polar surface area (TPSA) is 179 Å². The van der Waals surface area contributed by atoms with Crippen LogP contribution in [0.2, 0.25) is 0 Å². The number of fused-ring (bicyclic) bond motifs is 6. The number of phenols is 1. The van der Waals surface area contributed by atoms with Gasteiger partial charge in [0.25, 0.3) is 5.91 Å². The molecular weight excluding hydrogens is 901 g/mol. The summed E-state index contributed by atoms with van der Waals surface area (Å²) in [6.45, 7) is 12.3. The van der Waals surface area contributed by atoms with Crippen molar-refractivity contribution in [2.75, 3.05) is 47.4 Å². The van der Waals surface area contributed by atoms with Gasteiger partial charge in [-0.15, -0.1) is 0 Å². The van der Waals surface area contributed by atoms with Crippen molar-refractivity contribution in [2.24, 2.45) is 11.3 Å². The number of nitrogens with one attached hydrogen (secondary N) is 2. The van der Waals surface area contributed by atoms with E-state index >= 15 is 0 Å². The number of hydrogen-bond acceptors (Lipinski definition) is 11. The Labute approximate surface area is 416 Å². The fourth-order valence-electron chi connectivity index (χ4n) is 10.3. The molecule has 0 aliphatic carbocycles. The van der Waals surface area contributed by atoms with Crippen molar-refractivity contribution in [3.05, 3.63) is 107 Å². The van der Waals surface area contributed by atoms with Gasteiger partial charge < -0.3 is 34.3 Å². The molecule has 2 unspecified atom stereocenters. The van der Waals surface area contributed by atoms with Gasteiger partial charge in [-0.3, -0.25) is 38.9 Å². The van der Waals surface area contributed by atoms with Gasteiger partial charge in [0, 0.05) is 88.1 Å². The highest BCUT2D eigenvalue weighted by molar-refractivity contribution is 5.96. The largest absolute Gasteiger partial charge is 0.508 e. The highest BCUT2D eigenvalue weighted by Crippen LogP contribution is 2.41. The van der Waals surface area contributed by atoms with E-state index in [1.165, 1.54) is 21.9 Å². The second-order valence-electron chi connectivity index (χ2n) is 20.5. The molecule has 6 bridgehead atoms. The van der Waals surface area contributed by atoms with Crippen LogP contribution in [-0.4, -0.2) is 136 Å². The molecule has 2 aromatic heterocycles. The van der Waals surface area contributed by atoms with Gasteiger partial charge in [0.2, 0.25) is 17.7 Å². The first-order chi connectivity index (χ1) is 34.0. The van der Waals surface area contributed by atoms with Gasteiger partial charge in [0.1, 0.15) is 29.9 Å². The minimum atomic E-state index is -1.19. The van der Waals surface area contributed by atoms with Crippen LogP contribution in [0.3, 0.4) is 0 Å². The zero-order chi connectivity index (χ0) is 50.7. The average Bonchev–Trinajstić information content (AvgIpc) is 4.05. The van der Waals surface area contributed by atoms with Crippen LogP contribution in [0.15, 0.2) is 85.2 Å². The summed E-state index contributed by atoms with van der Waals surface area (Å²) in [5, 5.41) is 16.7. The fraction of sp³-hybridized carbons (Fsp3) is 0.455. The van der Waals surface area contributed by atoms with Crippen LogP contribution in [0.5, 0.6) is 5.75 Å². The zero-order valence-corrected chi connectivity index (χ0v) is 42.2. The number of amides is 4. The van der Waals surface area contributed by atoms with Crippen LogP contribution in [0.25, 0.3) is 33.3 Å². The fourth-order valence-corrected chi connectivity index (χ4v) is 10.3. The molecule has 5 aromatic rings. The predicted octanol–water partition coefficient (Wildman–Crippen LogP) is 5.72. The molecule has 3 aliphatic heterocycles. The monoisotopic (exact) mass is 969 g/mol. The first kappa shape index (κ1) is 50.8. The minimum Gasteiger partial charge on any atom is -0.508 e. The summed E-state index contributed by atoms with van der Waals surface area (Å²) in [6, 6.07) is 19.9. The number of carbonyl (C=O) groups is 5. The number of pyridine rings is 1. The quantitative estimate of drug-likeness (QED) is 0.0972. The van der Waals surface area contributed by atoms with Crippen LogP contribution >= 0.6 is 0 Å². The van der Waals surface area contributed by atoms with E-state index in [2.05, 4.69) is 53.2 Å². The van der Waals surface area contributed by atoms with Crippen molar-refractivity contribution < 1.29 is 38.6 Å². The molecule has 376 valence electrons. The van der Waals surface area contributed by atoms with E-state index in [1.54, 1.807) is 32.5 Å². The standard InChI is InChI=1S/C55H68N8O8/c1-9-62-46-18-17-37-26-41(46)42(50(62)43-28-56-20-19-38(43)32-70-8)27-55(4,5)33-71-54(69)44-16-13-21-63(58-44)52(67)45(24-36-22-39(37)25-40(64)23-36)57-51(66)49(34(2)3)60(7)48(65)31-59(6)53(68)47-30-61(47)29-35-14-11-10-12-15-35/h10-12,14-15,17-20,22-23,25-26,28,34,44-45,47,49,58,64H,9,13,16,21,24,27,29-33H2,1-8H3,(H,57,66)/t44-,45-,47+,49?,61?/m0/s1. The van der Waals surface area contributed by atoms with Crippen molar-refractivity contribution >= 4 is 40.5 Å². The van der Waals surface area contributed by atoms with Crippen LogP contribution in [0, 0.1) is 11.3 Å². The first-order valence-electron chi connectivity index (χ1n) is 24.7. The summed E-state index contributed by atoms with van der Waals surface area (Å²) >= 11 is 0. The third kappa shape index (κ3) is 11.3. The molecule has 2 saturated heterocycles. The number of hydrogen-bond donors (Lipinski definition) is 3. The Balaban J connectivity index is 1.11. The SMILES string of the molecule is CCn1c(-c2cnccc2COC)c2c3cc(ccc31)-c1cc(O)cc(c1)C[C@H](NC(=O)C(C(C)C)N(C)C(=O)CN(C)C(=O)[C@H]1CN1Cc1ccccc1)C(=O)N1CCC[C@H](N1)C(=O)OCC(C)(C)C2. The average molecular weight is 969 g/mol. The van der Waals surface area contributed by atoms with Crippen LogP contribution in [0.4, 0.5) is 0 Å². The minimum absolute atomic E-state index is 0.0189. The number of aromatic hydroxyl groups is 1. The molecule has 5 atom stereocenters.